The normalized spacial score (nSPS) is 12.4. The number of nitrogen functional groups attached to an aromatic ring is 1. The molecule has 3 amide bonds. The predicted molar refractivity (Wildman–Crippen MR) is 246 cm³/mol. The number of fused-ring (bicyclic) bond motifs is 1. The SMILES string of the molecule is CCCCCCCC[C@@H](CCCCNC)C(=O)NSC1CC1.COCC(C)(C)CCCCc1cc2c(=O)cc(-c3ccccc3)[nH]c2cc1N.NC=O.O=CCNC=O. The number of carbonyl (C=O) groups is 4. The highest BCUT2D eigenvalue weighted by atomic mass is 32.2. The van der Waals surface area contributed by atoms with Crippen molar-refractivity contribution in [2.75, 3.05) is 39.6 Å². The molecular formula is C46H74N6O6S. The van der Waals surface area contributed by atoms with Crippen LogP contribution in [0.5, 0.6) is 0 Å². The number of aldehydes is 1. The highest BCUT2D eigenvalue weighted by Crippen LogP contribution is 2.32. The Kier molecular flexibility index (Phi) is 29.2. The second kappa shape index (κ2) is 32.6. The zero-order chi connectivity index (χ0) is 43.7. The van der Waals surface area contributed by atoms with Crippen molar-refractivity contribution in [3.63, 3.8) is 0 Å². The van der Waals surface area contributed by atoms with Gasteiger partial charge in [-0.05, 0) is 106 Å². The van der Waals surface area contributed by atoms with Gasteiger partial charge in [0.1, 0.15) is 6.29 Å². The van der Waals surface area contributed by atoms with Gasteiger partial charge in [0.15, 0.2) is 5.43 Å². The molecule has 0 unspecified atom stereocenters. The lowest BCUT2D eigenvalue weighted by atomic mass is 9.87. The molecular weight excluding hydrogens is 765 g/mol. The van der Waals surface area contributed by atoms with Gasteiger partial charge in [0.25, 0.3) is 0 Å². The molecule has 1 aliphatic carbocycles. The molecule has 13 heteroatoms. The summed E-state index contributed by atoms with van der Waals surface area (Å²) in [5.41, 5.74) is 15.1. The molecule has 1 heterocycles. The fourth-order valence-electron chi connectivity index (χ4n) is 6.51. The summed E-state index contributed by atoms with van der Waals surface area (Å²) < 4.78 is 8.39. The van der Waals surface area contributed by atoms with Crippen LogP contribution in [0.4, 0.5) is 5.69 Å². The second-order valence-corrected chi connectivity index (χ2v) is 16.9. The summed E-state index contributed by atoms with van der Waals surface area (Å²) in [4.78, 5) is 55.6. The number of aryl methyl sites for hydroxylation is 1. The lowest BCUT2D eigenvalue weighted by Crippen LogP contribution is -2.26. The number of hydrogen-bond acceptors (Lipinski definition) is 9. The van der Waals surface area contributed by atoms with Crippen molar-refractivity contribution in [3.8, 4) is 11.3 Å². The number of primary amides is 1. The number of H-pyrrole nitrogens is 1. The Balaban J connectivity index is 0.000000499. The van der Waals surface area contributed by atoms with Crippen molar-refractivity contribution in [2.45, 2.75) is 129 Å². The van der Waals surface area contributed by atoms with Gasteiger partial charge >= 0.3 is 0 Å². The van der Waals surface area contributed by atoms with Crippen LogP contribution in [0.1, 0.15) is 123 Å². The maximum Gasteiger partial charge on any atom is 0.232 e. The minimum atomic E-state index is 0.0232. The molecule has 12 nitrogen and oxygen atoms in total. The molecule has 1 fully saturated rings. The van der Waals surface area contributed by atoms with Gasteiger partial charge in [-0.1, -0.05) is 102 Å². The molecule has 4 rings (SSSR count). The Bertz CT molecular complexity index is 1640. The van der Waals surface area contributed by atoms with Crippen LogP contribution in [-0.4, -0.2) is 69.1 Å². The number of nitrogens with one attached hydrogen (secondary N) is 4. The van der Waals surface area contributed by atoms with E-state index in [1.54, 1.807) is 25.1 Å². The van der Waals surface area contributed by atoms with Crippen LogP contribution in [0.15, 0.2) is 53.3 Å². The lowest BCUT2D eigenvalue weighted by Gasteiger charge is -2.23. The average molecular weight is 839 g/mol. The van der Waals surface area contributed by atoms with Crippen molar-refractivity contribution >= 4 is 53.6 Å². The lowest BCUT2D eigenvalue weighted by molar-refractivity contribution is -0.123. The molecule has 1 saturated carbocycles. The van der Waals surface area contributed by atoms with E-state index >= 15 is 0 Å². The number of carbonyl (C=O) groups excluding carboxylic acids is 4. The first-order valence-corrected chi connectivity index (χ1v) is 22.2. The second-order valence-electron chi connectivity index (χ2n) is 15.8. The molecule has 2 aromatic carbocycles. The molecule has 0 saturated heterocycles. The van der Waals surface area contributed by atoms with E-state index in [0.717, 1.165) is 86.1 Å². The molecule has 0 bridgehead atoms. The van der Waals surface area contributed by atoms with Gasteiger partial charge in [0, 0.05) is 41.1 Å². The quantitative estimate of drug-likeness (QED) is 0.0202. The summed E-state index contributed by atoms with van der Waals surface area (Å²) in [6, 6.07) is 15.4. The van der Waals surface area contributed by atoms with Crippen LogP contribution in [0, 0.1) is 11.3 Å². The fraction of sp³-hybridized carbons (Fsp3) is 0.587. The minimum Gasteiger partial charge on any atom is -0.398 e. The Hall–Kier alpha value is -4.20. The van der Waals surface area contributed by atoms with Gasteiger partial charge in [-0.25, -0.2) is 0 Å². The van der Waals surface area contributed by atoms with Gasteiger partial charge in [-0.2, -0.15) is 0 Å². The predicted octanol–water partition coefficient (Wildman–Crippen LogP) is 7.87. The summed E-state index contributed by atoms with van der Waals surface area (Å²) in [6.45, 7) is 8.65. The maximum absolute atomic E-state index is 12.7. The van der Waals surface area contributed by atoms with Crippen LogP contribution < -0.4 is 32.3 Å². The molecule has 330 valence electrons. The molecule has 0 radical (unpaired) electrons. The number of pyridine rings is 1. The Morgan fingerprint density at radius 3 is 2.22 bits per heavy atom. The molecule has 1 atom stereocenters. The van der Waals surface area contributed by atoms with Gasteiger partial charge in [0.05, 0.1) is 18.7 Å². The first-order valence-electron chi connectivity index (χ1n) is 21.4. The number of nitrogens with two attached hydrogens (primary N) is 2. The number of unbranched alkanes of at least 4 members (excludes halogenated alkanes) is 7. The Morgan fingerprint density at radius 2 is 1.63 bits per heavy atom. The van der Waals surface area contributed by atoms with Gasteiger partial charge in [0.2, 0.25) is 18.7 Å². The number of anilines is 1. The summed E-state index contributed by atoms with van der Waals surface area (Å²) >= 11 is 1.66. The maximum atomic E-state index is 12.7. The molecule has 8 N–H and O–H groups in total. The van der Waals surface area contributed by atoms with E-state index in [0.29, 0.717) is 23.3 Å². The van der Waals surface area contributed by atoms with E-state index in [1.165, 1.54) is 57.8 Å². The minimum absolute atomic E-state index is 0.0232. The number of benzene rings is 2. The average Bonchev–Trinajstić information content (AvgIpc) is 4.06. The highest BCUT2D eigenvalue weighted by Gasteiger charge is 2.25. The zero-order valence-electron chi connectivity index (χ0n) is 36.5. The summed E-state index contributed by atoms with van der Waals surface area (Å²) in [5, 5.41) is 6.73. The highest BCUT2D eigenvalue weighted by molar-refractivity contribution is 7.98. The summed E-state index contributed by atoms with van der Waals surface area (Å²) in [7, 11) is 3.74. The molecule has 3 aromatic rings. The van der Waals surface area contributed by atoms with Gasteiger partial charge in [-0.15, -0.1) is 0 Å². The molecule has 0 spiro atoms. The number of methoxy groups -OCH3 is 1. The van der Waals surface area contributed by atoms with E-state index in [-0.39, 0.29) is 35.6 Å². The molecule has 0 aliphatic heterocycles. The van der Waals surface area contributed by atoms with Crippen molar-refractivity contribution in [1.29, 1.82) is 0 Å². The van der Waals surface area contributed by atoms with Crippen molar-refractivity contribution < 1.29 is 23.9 Å². The van der Waals surface area contributed by atoms with Gasteiger partial charge < -0.3 is 36.6 Å². The third-order valence-electron chi connectivity index (χ3n) is 9.90. The number of hydrogen-bond donors (Lipinski definition) is 6. The number of rotatable bonds is 26. The standard InChI is InChI=1S/C24H30N2O2.C18H36N2OS.C3H5NO2.CH3NO/c1-24(2,16-28-3)12-8-7-11-18-13-19-22(14-20(18)25)26-21(15-23(19)27)17-9-5-4-6-10-17;1-3-4-5-6-7-8-11-16(12-9-10-15-19-2)18(21)20-22-17-13-14-17;5-2-1-4-3-6;2-1-3/h4-6,9-10,13-15H,7-8,11-12,16,25H2,1-3H3,(H,26,27);16-17,19H,3-15H2,1-2H3,(H,20,21);2-3H,1H2,(H,4,6);1H,(H2,2,3)/t;16-;;/m.0../s1. The van der Waals surface area contributed by atoms with E-state index in [4.69, 9.17) is 15.3 Å². The zero-order valence-corrected chi connectivity index (χ0v) is 37.3. The number of ether oxygens (including phenoxy) is 1. The molecule has 59 heavy (non-hydrogen) atoms. The molecule has 1 aliphatic rings. The monoisotopic (exact) mass is 839 g/mol. The number of aromatic nitrogens is 1. The van der Waals surface area contributed by atoms with Crippen molar-refractivity contribution in [2.24, 2.45) is 17.1 Å². The van der Waals surface area contributed by atoms with Crippen molar-refractivity contribution in [1.82, 2.24) is 20.3 Å². The largest absolute Gasteiger partial charge is 0.398 e. The van der Waals surface area contributed by atoms with Crippen LogP contribution in [-0.2, 0) is 30.3 Å². The van der Waals surface area contributed by atoms with Crippen LogP contribution in [0.3, 0.4) is 0 Å². The topological polar surface area (TPSA) is 198 Å². The first kappa shape index (κ1) is 52.8. The fourth-order valence-corrected chi connectivity index (χ4v) is 7.33. The molecule has 1 aromatic heterocycles. The smallest absolute Gasteiger partial charge is 0.232 e. The number of amides is 3. The third kappa shape index (κ3) is 24.5. The van der Waals surface area contributed by atoms with E-state index in [9.17, 15) is 19.2 Å². The summed E-state index contributed by atoms with van der Waals surface area (Å²) in [5.74, 6) is 0.518. The first-order chi connectivity index (χ1) is 28.5. The summed E-state index contributed by atoms with van der Waals surface area (Å²) in [6.07, 6.45) is 20.3. The Morgan fingerprint density at radius 1 is 0.966 bits per heavy atom. The van der Waals surface area contributed by atoms with E-state index < -0.39 is 0 Å². The van der Waals surface area contributed by atoms with Crippen LogP contribution in [0.25, 0.3) is 22.2 Å². The van der Waals surface area contributed by atoms with E-state index in [2.05, 4.69) is 46.8 Å². The van der Waals surface area contributed by atoms with E-state index in [1.807, 2.05) is 49.5 Å². The number of aromatic amines is 1. The third-order valence-corrected chi connectivity index (χ3v) is 11.0. The van der Waals surface area contributed by atoms with Crippen LogP contribution >= 0.6 is 11.9 Å². The van der Waals surface area contributed by atoms with Gasteiger partial charge in [-0.3, -0.25) is 23.9 Å². The van der Waals surface area contributed by atoms with Crippen LogP contribution in [0.2, 0.25) is 0 Å². The van der Waals surface area contributed by atoms with Crippen molar-refractivity contribution in [3.05, 3.63) is 64.3 Å². The Labute approximate surface area is 357 Å².